The van der Waals surface area contributed by atoms with E-state index in [-0.39, 0.29) is 16.9 Å². The fourth-order valence-electron chi connectivity index (χ4n) is 4.16. The van der Waals surface area contributed by atoms with Crippen LogP contribution in [0.2, 0.25) is 0 Å². The first-order chi connectivity index (χ1) is 16.0. The van der Waals surface area contributed by atoms with Crippen molar-refractivity contribution in [2.75, 3.05) is 31.0 Å². The summed E-state index contributed by atoms with van der Waals surface area (Å²) in [5.41, 5.74) is -3.15. The van der Waals surface area contributed by atoms with Gasteiger partial charge in [-0.05, 0) is 18.2 Å². The average molecular weight is 486 g/mol. The number of carbonyl (C=O) groups excluding carboxylic acids is 1. The minimum Gasteiger partial charge on any atom is -0.491 e. The third-order valence-electron chi connectivity index (χ3n) is 5.95. The first-order valence-corrected chi connectivity index (χ1v) is 9.93. The summed E-state index contributed by atoms with van der Waals surface area (Å²) in [6.07, 6.45) is -3.04. The van der Waals surface area contributed by atoms with Crippen LogP contribution in [-0.4, -0.2) is 54.5 Å². The van der Waals surface area contributed by atoms with Crippen molar-refractivity contribution in [2.45, 2.75) is 24.2 Å². The summed E-state index contributed by atoms with van der Waals surface area (Å²) in [6, 6.07) is 1.76. The van der Waals surface area contributed by atoms with Crippen LogP contribution in [0.15, 0.2) is 35.4 Å². The van der Waals surface area contributed by atoms with Gasteiger partial charge in [-0.25, -0.2) is 4.39 Å². The van der Waals surface area contributed by atoms with E-state index in [1.807, 2.05) is 0 Å². The van der Waals surface area contributed by atoms with Crippen LogP contribution in [0.25, 0.3) is 10.9 Å². The van der Waals surface area contributed by atoms with E-state index in [0.29, 0.717) is 5.39 Å². The van der Waals surface area contributed by atoms with Crippen LogP contribution in [-0.2, 0) is 9.53 Å². The van der Waals surface area contributed by atoms with Crippen molar-refractivity contribution >= 4 is 28.2 Å². The minimum atomic E-state index is -4.88. The highest BCUT2D eigenvalue weighted by atomic mass is 19.4. The largest absolute Gasteiger partial charge is 0.491 e. The van der Waals surface area contributed by atoms with Crippen molar-refractivity contribution in [2.24, 2.45) is 0 Å². The number of anilines is 2. The molecule has 0 radical (unpaired) electrons. The molecule has 13 heteroatoms. The molecular weight excluding hydrogens is 467 g/mol. The number of amides is 1. The lowest BCUT2D eigenvalue weighted by Gasteiger charge is -2.31. The molecule has 182 valence electrons. The second-order valence-electron chi connectivity index (χ2n) is 7.74. The van der Waals surface area contributed by atoms with E-state index in [9.17, 15) is 31.5 Å². The highest BCUT2D eigenvalue weighted by Gasteiger charge is 2.63. The molecule has 1 aliphatic rings. The predicted octanol–water partition coefficient (Wildman–Crippen LogP) is 3.31. The summed E-state index contributed by atoms with van der Waals surface area (Å²) in [6.45, 7) is -0.875. The Morgan fingerprint density at radius 1 is 1.21 bits per heavy atom. The van der Waals surface area contributed by atoms with Crippen LogP contribution in [0.3, 0.4) is 0 Å². The number of alkyl halides is 3. The second-order valence-corrected chi connectivity index (χ2v) is 7.74. The number of rotatable bonds is 5. The van der Waals surface area contributed by atoms with Gasteiger partial charge in [-0.15, -0.1) is 0 Å². The standard InChI is InChI=1S/C21H19F5N4O4/c1-33-17-13(4-3-11(22)15(17)23)30-9-20(34-2,21(24,25)26)7-14(30)18(31)29-12-8-28-16-10(12)5-6-27-19(16)32/h3-6,8,14,28H,7,9H2,1-2H3,(H,27,32)(H,29,31)/t14-,20+/m1/s1. The van der Waals surface area contributed by atoms with Crippen LogP contribution in [0.4, 0.5) is 33.3 Å². The molecule has 2 atom stereocenters. The Hall–Kier alpha value is -3.61. The Morgan fingerprint density at radius 3 is 2.59 bits per heavy atom. The highest BCUT2D eigenvalue weighted by Crippen LogP contribution is 2.47. The quantitative estimate of drug-likeness (QED) is 0.481. The number of nitrogens with one attached hydrogen (secondary N) is 3. The maximum absolute atomic E-state index is 14.4. The van der Waals surface area contributed by atoms with E-state index < -0.39 is 59.6 Å². The Bertz CT molecular complexity index is 1300. The number of H-pyrrole nitrogens is 2. The Balaban J connectivity index is 1.77. The summed E-state index contributed by atoms with van der Waals surface area (Å²) in [5, 5.41) is 2.85. The van der Waals surface area contributed by atoms with Crippen molar-refractivity contribution in [3.05, 3.63) is 52.6 Å². The van der Waals surface area contributed by atoms with Gasteiger partial charge in [-0.2, -0.15) is 17.6 Å². The molecule has 1 saturated heterocycles. The lowest BCUT2D eigenvalue weighted by molar-refractivity contribution is -0.261. The molecule has 34 heavy (non-hydrogen) atoms. The Labute approximate surface area is 188 Å². The number of nitrogens with zero attached hydrogens (tertiary/aromatic N) is 1. The normalized spacial score (nSPS) is 20.7. The van der Waals surface area contributed by atoms with Crippen LogP contribution in [0.5, 0.6) is 5.75 Å². The van der Waals surface area contributed by atoms with E-state index in [2.05, 4.69) is 15.3 Å². The molecule has 1 aromatic carbocycles. The van der Waals surface area contributed by atoms with Crippen LogP contribution < -0.4 is 20.5 Å². The average Bonchev–Trinajstić information content (AvgIpc) is 3.39. The second kappa shape index (κ2) is 8.31. The van der Waals surface area contributed by atoms with E-state index in [0.717, 1.165) is 31.3 Å². The highest BCUT2D eigenvalue weighted by molar-refractivity contribution is 6.04. The molecule has 3 heterocycles. The molecule has 0 saturated carbocycles. The van der Waals surface area contributed by atoms with Gasteiger partial charge in [0.15, 0.2) is 17.2 Å². The molecule has 3 aromatic rings. The number of aromatic nitrogens is 2. The summed E-state index contributed by atoms with van der Waals surface area (Å²) < 4.78 is 79.9. The molecule has 0 bridgehead atoms. The maximum atomic E-state index is 14.4. The van der Waals surface area contributed by atoms with Gasteiger partial charge < -0.3 is 29.7 Å². The molecule has 4 rings (SSSR count). The number of carbonyl (C=O) groups is 1. The number of halogens is 5. The first kappa shape index (κ1) is 23.5. The summed E-state index contributed by atoms with van der Waals surface area (Å²) in [7, 11) is 1.89. The molecule has 1 aliphatic heterocycles. The SMILES string of the molecule is COc1c(N2C[C@](OC)(C(F)(F)F)C[C@@H]2C(=O)Nc2c[nH]c3c(=O)[nH]ccc23)ccc(F)c1F. The predicted molar refractivity (Wildman–Crippen MR) is 112 cm³/mol. The maximum Gasteiger partial charge on any atom is 0.419 e. The van der Waals surface area contributed by atoms with Gasteiger partial charge in [-0.1, -0.05) is 0 Å². The van der Waals surface area contributed by atoms with E-state index in [1.54, 1.807) is 0 Å². The smallest absolute Gasteiger partial charge is 0.419 e. The van der Waals surface area contributed by atoms with Crippen molar-refractivity contribution in [1.82, 2.24) is 9.97 Å². The third-order valence-corrected chi connectivity index (χ3v) is 5.95. The van der Waals surface area contributed by atoms with Gasteiger partial charge in [0.05, 0.1) is 25.0 Å². The number of hydrogen-bond acceptors (Lipinski definition) is 5. The number of benzene rings is 1. The van der Waals surface area contributed by atoms with Crippen molar-refractivity contribution in [3.63, 3.8) is 0 Å². The molecular formula is C21H19F5N4O4. The van der Waals surface area contributed by atoms with Gasteiger partial charge in [0.2, 0.25) is 11.7 Å². The molecule has 1 amide bonds. The molecule has 0 unspecified atom stereocenters. The molecule has 0 spiro atoms. The number of hydrogen-bond donors (Lipinski definition) is 3. The Morgan fingerprint density at radius 2 is 1.94 bits per heavy atom. The zero-order valence-electron chi connectivity index (χ0n) is 17.8. The number of ether oxygens (including phenoxy) is 2. The van der Waals surface area contributed by atoms with Crippen LogP contribution in [0.1, 0.15) is 6.42 Å². The zero-order chi connectivity index (χ0) is 24.8. The van der Waals surface area contributed by atoms with E-state index in [1.165, 1.54) is 18.5 Å². The summed E-state index contributed by atoms with van der Waals surface area (Å²) in [4.78, 5) is 31.2. The number of pyridine rings is 1. The first-order valence-electron chi connectivity index (χ1n) is 9.93. The van der Waals surface area contributed by atoms with Crippen molar-refractivity contribution in [3.8, 4) is 5.75 Å². The van der Waals surface area contributed by atoms with E-state index >= 15 is 0 Å². The lowest BCUT2D eigenvalue weighted by atomic mass is 9.99. The molecule has 0 aliphatic carbocycles. The topological polar surface area (TPSA) is 99.4 Å². The monoisotopic (exact) mass is 486 g/mol. The number of aromatic amines is 2. The number of fused-ring (bicyclic) bond motifs is 1. The third kappa shape index (κ3) is 3.65. The summed E-state index contributed by atoms with van der Waals surface area (Å²) >= 11 is 0. The zero-order valence-corrected chi connectivity index (χ0v) is 17.8. The minimum absolute atomic E-state index is 0.157. The molecule has 3 N–H and O–H groups in total. The Kier molecular flexibility index (Phi) is 5.75. The van der Waals surface area contributed by atoms with Crippen LogP contribution >= 0.6 is 0 Å². The fourth-order valence-corrected chi connectivity index (χ4v) is 4.16. The van der Waals surface area contributed by atoms with Gasteiger partial charge in [0.25, 0.3) is 5.56 Å². The molecule has 1 fully saturated rings. The van der Waals surface area contributed by atoms with Gasteiger partial charge in [0.1, 0.15) is 11.6 Å². The van der Waals surface area contributed by atoms with Gasteiger partial charge >= 0.3 is 6.18 Å². The van der Waals surface area contributed by atoms with Crippen molar-refractivity contribution < 1.29 is 36.2 Å². The molecule has 8 nitrogen and oxygen atoms in total. The van der Waals surface area contributed by atoms with Crippen molar-refractivity contribution in [1.29, 1.82) is 0 Å². The van der Waals surface area contributed by atoms with E-state index in [4.69, 9.17) is 9.47 Å². The van der Waals surface area contributed by atoms with Gasteiger partial charge in [-0.3, -0.25) is 9.59 Å². The fraction of sp³-hybridized carbons (Fsp3) is 0.333. The summed E-state index contributed by atoms with van der Waals surface area (Å²) in [5.74, 6) is -4.20. The van der Waals surface area contributed by atoms with Gasteiger partial charge in [0, 0.05) is 31.3 Å². The van der Waals surface area contributed by atoms with Crippen LogP contribution in [0, 0.1) is 11.6 Å². The molecule has 2 aromatic heterocycles. The number of methoxy groups -OCH3 is 2. The lowest BCUT2D eigenvalue weighted by Crippen LogP contribution is -2.49.